The van der Waals surface area contributed by atoms with Gasteiger partial charge in [-0.25, -0.2) is 0 Å². The SMILES string of the molecule is CCCCCCC(C)(CCCC)C(=O)CN(C)C. The van der Waals surface area contributed by atoms with Gasteiger partial charge in [-0.1, -0.05) is 59.3 Å². The molecule has 0 rings (SSSR count). The summed E-state index contributed by atoms with van der Waals surface area (Å²) in [6.45, 7) is 7.20. The molecule has 0 aromatic carbocycles. The quantitative estimate of drug-likeness (QED) is 0.513. The fourth-order valence-corrected chi connectivity index (χ4v) is 2.39. The van der Waals surface area contributed by atoms with Gasteiger partial charge in [-0.05, 0) is 26.9 Å². The van der Waals surface area contributed by atoms with Crippen molar-refractivity contribution in [2.45, 2.75) is 72.1 Å². The van der Waals surface area contributed by atoms with Gasteiger partial charge in [0.2, 0.25) is 0 Å². The van der Waals surface area contributed by atoms with Crippen molar-refractivity contribution < 1.29 is 4.79 Å². The fraction of sp³-hybridized carbons (Fsp3) is 0.938. The number of nitrogens with zero attached hydrogens (tertiary/aromatic N) is 1. The molecule has 0 aromatic rings. The normalized spacial score (nSPS) is 14.8. The lowest BCUT2D eigenvalue weighted by molar-refractivity contribution is -0.129. The lowest BCUT2D eigenvalue weighted by atomic mass is 9.76. The van der Waals surface area contributed by atoms with Crippen LogP contribution in [0.5, 0.6) is 0 Å². The zero-order valence-electron chi connectivity index (χ0n) is 13.2. The van der Waals surface area contributed by atoms with Gasteiger partial charge >= 0.3 is 0 Å². The van der Waals surface area contributed by atoms with Crippen LogP contribution in [0.2, 0.25) is 0 Å². The number of ketones is 1. The summed E-state index contributed by atoms with van der Waals surface area (Å²) in [6.07, 6.45) is 9.51. The van der Waals surface area contributed by atoms with E-state index in [4.69, 9.17) is 0 Å². The first-order valence-electron chi connectivity index (χ1n) is 7.64. The number of hydrogen-bond acceptors (Lipinski definition) is 2. The third-order valence-electron chi connectivity index (χ3n) is 3.80. The largest absolute Gasteiger partial charge is 0.302 e. The second-order valence-electron chi connectivity index (χ2n) is 6.14. The van der Waals surface area contributed by atoms with E-state index in [9.17, 15) is 4.79 Å². The number of carbonyl (C=O) groups excluding carboxylic acids is 1. The topological polar surface area (TPSA) is 20.3 Å². The first kappa shape index (κ1) is 17.6. The van der Waals surface area contributed by atoms with Gasteiger partial charge in [0.25, 0.3) is 0 Å². The van der Waals surface area contributed by atoms with E-state index in [0.29, 0.717) is 12.3 Å². The maximum absolute atomic E-state index is 12.4. The summed E-state index contributed by atoms with van der Waals surface area (Å²) in [5.74, 6) is 0.428. The van der Waals surface area contributed by atoms with Gasteiger partial charge in [-0.15, -0.1) is 0 Å². The summed E-state index contributed by atoms with van der Waals surface area (Å²) in [4.78, 5) is 14.4. The molecule has 0 aromatic heterocycles. The Balaban J connectivity index is 4.35. The van der Waals surface area contributed by atoms with Crippen LogP contribution in [0.4, 0.5) is 0 Å². The van der Waals surface area contributed by atoms with Crippen LogP contribution in [-0.4, -0.2) is 31.3 Å². The Labute approximate surface area is 114 Å². The molecular formula is C16H33NO. The Morgan fingerprint density at radius 2 is 1.50 bits per heavy atom. The van der Waals surface area contributed by atoms with Crippen LogP contribution in [0.15, 0.2) is 0 Å². The van der Waals surface area contributed by atoms with Gasteiger partial charge < -0.3 is 4.90 Å². The average Bonchev–Trinajstić information content (AvgIpc) is 2.31. The van der Waals surface area contributed by atoms with Gasteiger partial charge in [-0.2, -0.15) is 0 Å². The molecule has 0 heterocycles. The number of likely N-dealkylation sites (N-methyl/N-ethyl adjacent to an activating group) is 1. The van der Waals surface area contributed by atoms with Gasteiger partial charge in [0.1, 0.15) is 0 Å². The number of Topliss-reactive ketones (excluding diaryl/α,β-unsaturated/α-hetero) is 1. The maximum Gasteiger partial charge on any atom is 0.152 e. The standard InChI is InChI=1S/C16H33NO/c1-6-8-10-11-13-16(3,12-9-7-2)15(18)14-17(4)5/h6-14H2,1-5H3. The van der Waals surface area contributed by atoms with Crippen LogP contribution in [0.25, 0.3) is 0 Å². The van der Waals surface area contributed by atoms with E-state index in [2.05, 4.69) is 20.8 Å². The molecule has 108 valence electrons. The van der Waals surface area contributed by atoms with Crippen LogP contribution in [-0.2, 0) is 4.79 Å². The Bertz CT molecular complexity index is 225. The van der Waals surface area contributed by atoms with Crippen molar-refractivity contribution in [3.8, 4) is 0 Å². The van der Waals surface area contributed by atoms with Crippen LogP contribution in [0.1, 0.15) is 72.1 Å². The van der Waals surface area contributed by atoms with Gasteiger partial charge in [0, 0.05) is 5.41 Å². The van der Waals surface area contributed by atoms with Gasteiger partial charge in [0.05, 0.1) is 6.54 Å². The molecule has 0 N–H and O–H groups in total. The molecule has 0 spiro atoms. The molecule has 1 unspecified atom stereocenters. The summed E-state index contributed by atoms with van der Waals surface area (Å²) < 4.78 is 0. The summed E-state index contributed by atoms with van der Waals surface area (Å²) in [5, 5.41) is 0. The van der Waals surface area contributed by atoms with Crippen molar-refractivity contribution in [1.82, 2.24) is 4.90 Å². The maximum atomic E-state index is 12.4. The summed E-state index contributed by atoms with van der Waals surface area (Å²) in [6, 6.07) is 0. The van der Waals surface area contributed by atoms with Crippen LogP contribution < -0.4 is 0 Å². The zero-order valence-corrected chi connectivity index (χ0v) is 13.2. The average molecular weight is 255 g/mol. The van der Waals surface area contributed by atoms with Gasteiger partial charge in [0.15, 0.2) is 5.78 Å². The van der Waals surface area contributed by atoms with Crippen molar-refractivity contribution in [2.24, 2.45) is 5.41 Å². The fourth-order valence-electron chi connectivity index (χ4n) is 2.39. The highest BCUT2D eigenvalue weighted by molar-refractivity contribution is 5.86. The van der Waals surface area contributed by atoms with Crippen molar-refractivity contribution in [2.75, 3.05) is 20.6 Å². The lowest BCUT2D eigenvalue weighted by Crippen LogP contribution is -2.35. The smallest absolute Gasteiger partial charge is 0.152 e. The van der Waals surface area contributed by atoms with E-state index in [-0.39, 0.29) is 5.41 Å². The minimum Gasteiger partial charge on any atom is -0.302 e. The monoisotopic (exact) mass is 255 g/mol. The van der Waals surface area contributed by atoms with Crippen LogP contribution >= 0.6 is 0 Å². The molecule has 0 bridgehead atoms. The van der Waals surface area contributed by atoms with Gasteiger partial charge in [-0.3, -0.25) is 4.79 Å². The van der Waals surface area contributed by atoms with Crippen molar-refractivity contribution >= 4 is 5.78 Å². The molecule has 0 aliphatic carbocycles. The first-order chi connectivity index (χ1) is 8.46. The zero-order chi connectivity index (χ0) is 14.0. The van der Waals surface area contributed by atoms with E-state index in [1.54, 1.807) is 0 Å². The summed E-state index contributed by atoms with van der Waals surface area (Å²) in [5.41, 5.74) is -0.0893. The van der Waals surface area contributed by atoms with E-state index >= 15 is 0 Å². The molecular weight excluding hydrogens is 222 g/mol. The highest BCUT2D eigenvalue weighted by atomic mass is 16.1. The second-order valence-corrected chi connectivity index (χ2v) is 6.14. The van der Waals surface area contributed by atoms with Crippen molar-refractivity contribution in [1.29, 1.82) is 0 Å². The molecule has 0 radical (unpaired) electrons. The Hall–Kier alpha value is -0.370. The first-order valence-corrected chi connectivity index (χ1v) is 7.64. The van der Waals surface area contributed by atoms with Crippen LogP contribution in [0.3, 0.4) is 0 Å². The molecule has 0 aliphatic heterocycles. The van der Waals surface area contributed by atoms with E-state index in [0.717, 1.165) is 12.8 Å². The lowest BCUT2D eigenvalue weighted by Gasteiger charge is -2.29. The molecule has 0 saturated carbocycles. The molecule has 2 heteroatoms. The van der Waals surface area contributed by atoms with E-state index in [1.165, 1.54) is 38.5 Å². The molecule has 0 amide bonds. The van der Waals surface area contributed by atoms with Crippen LogP contribution in [0, 0.1) is 5.41 Å². The molecule has 0 aliphatic rings. The highest BCUT2D eigenvalue weighted by Crippen LogP contribution is 2.32. The summed E-state index contributed by atoms with van der Waals surface area (Å²) in [7, 11) is 3.96. The minimum atomic E-state index is -0.0893. The van der Waals surface area contributed by atoms with Crippen molar-refractivity contribution in [3.63, 3.8) is 0 Å². The highest BCUT2D eigenvalue weighted by Gasteiger charge is 2.31. The Kier molecular flexibility index (Phi) is 9.35. The molecule has 0 saturated heterocycles. The number of carbonyl (C=O) groups is 1. The molecule has 1 atom stereocenters. The van der Waals surface area contributed by atoms with Crippen molar-refractivity contribution in [3.05, 3.63) is 0 Å². The number of hydrogen-bond donors (Lipinski definition) is 0. The third kappa shape index (κ3) is 7.15. The molecule has 2 nitrogen and oxygen atoms in total. The third-order valence-corrected chi connectivity index (χ3v) is 3.80. The number of rotatable bonds is 11. The molecule has 0 fully saturated rings. The second kappa shape index (κ2) is 9.55. The summed E-state index contributed by atoms with van der Waals surface area (Å²) >= 11 is 0. The Morgan fingerprint density at radius 1 is 0.944 bits per heavy atom. The number of unbranched alkanes of at least 4 members (excludes halogenated alkanes) is 4. The predicted molar refractivity (Wildman–Crippen MR) is 80.0 cm³/mol. The minimum absolute atomic E-state index is 0.0893. The predicted octanol–water partition coefficient (Wildman–Crippen LogP) is 4.28. The van der Waals surface area contributed by atoms with E-state index < -0.39 is 0 Å². The molecule has 18 heavy (non-hydrogen) atoms. The van der Waals surface area contributed by atoms with E-state index in [1.807, 2.05) is 19.0 Å². The Morgan fingerprint density at radius 3 is 2.00 bits per heavy atom.